The van der Waals surface area contributed by atoms with Crippen molar-refractivity contribution < 1.29 is 8.78 Å². The Labute approximate surface area is 100 Å². The van der Waals surface area contributed by atoms with Gasteiger partial charge in [0.25, 0.3) is 6.43 Å². The number of halogens is 2. The van der Waals surface area contributed by atoms with Gasteiger partial charge in [0.15, 0.2) is 0 Å². The molecule has 2 atom stereocenters. The molecule has 1 fully saturated rings. The predicted octanol–water partition coefficient (Wildman–Crippen LogP) is 3.63. The molecule has 0 radical (unpaired) electrons. The van der Waals surface area contributed by atoms with E-state index in [9.17, 15) is 8.78 Å². The molecule has 0 bridgehead atoms. The molecule has 2 aliphatic carbocycles. The minimum absolute atomic E-state index is 0.0280. The van der Waals surface area contributed by atoms with E-state index >= 15 is 0 Å². The van der Waals surface area contributed by atoms with E-state index in [1.807, 2.05) is 25.5 Å². The minimum atomic E-state index is -2.44. The normalized spacial score (nSPS) is 26.9. The van der Waals surface area contributed by atoms with Crippen LogP contribution < -0.4 is 0 Å². The van der Waals surface area contributed by atoms with Gasteiger partial charge in [0.05, 0.1) is 5.54 Å². The molecule has 17 heavy (non-hydrogen) atoms. The van der Waals surface area contributed by atoms with E-state index in [0.29, 0.717) is 5.92 Å². The fourth-order valence-corrected chi connectivity index (χ4v) is 3.04. The molecule has 0 aromatic carbocycles. The van der Waals surface area contributed by atoms with E-state index in [-0.39, 0.29) is 11.2 Å². The highest BCUT2D eigenvalue weighted by Gasteiger charge is 2.47. The number of nitrogens with zero attached hydrogens (tertiary/aromatic N) is 2. The molecule has 1 heterocycles. The molecule has 2 nitrogen and oxygen atoms in total. The van der Waals surface area contributed by atoms with Crippen LogP contribution in [0, 0.1) is 5.92 Å². The van der Waals surface area contributed by atoms with Crippen molar-refractivity contribution in [3.05, 3.63) is 17.0 Å². The highest BCUT2D eigenvalue weighted by atomic mass is 19.3. The average molecular weight is 240 g/mol. The first kappa shape index (κ1) is 11.2. The van der Waals surface area contributed by atoms with Crippen LogP contribution in [0.4, 0.5) is 8.78 Å². The maximum absolute atomic E-state index is 13.0. The molecule has 1 saturated carbocycles. The summed E-state index contributed by atoms with van der Waals surface area (Å²) in [6.45, 7) is 6.09. The molecule has 4 heteroatoms. The summed E-state index contributed by atoms with van der Waals surface area (Å²) in [7, 11) is 0. The van der Waals surface area contributed by atoms with Gasteiger partial charge in [-0.05, 0) is 46.0 Å². The Balaban J connectivity index is 2.17. The highest BCUT2D eigenvalue weighted by Crippen LogP contribution is 2.56. The third-order valence-electron chi connectivity index (χ3n) is 3.94. The SMILES string of the molecule is CC(C)(C)n1nc(C(F)F)c2c1C1CC1CC2. The molecular weight excluding hydrogens is 222 g/mol. The lowest BCUT2D eigenvalue weighted by molar-refractivity contribution is 0.142. The molecule has 1 aromatic rings. The molecule has 0 N–H and O–H groups in total. The van der Waals surface area contributed by atoms with E-state index < -0.39 is 6.43 Å². The summed E-state index contributed by atoms with van der Waals surface area (Å²) in [6, 6.07) is 0. The highest BCUT2D eigenvalue weighted by molar-refractivity contribution is 5.37. The van der Waals surface area contributed by atoms with Crippen molar-refractivity contribution in [2.45, 2.75) is 57.9 Å². The molecule has 94 valence electrons. The van der Waals surface area contributed by atoms with E-state index in [2.05, 4.69) is 5.10 Å². The summed E-state index contributed by atoms with van der Waals surface area (Å²) < 4.78 is 27.9. The Bertz CT molecular complexity index is 457. The van der Waals surface area contributed by atoms with Crippen LogP contribution >= 0.6 is 0 Å². The quantitative estimate of drug-likeness (QED) is 0.733. The van der Waals surface area contributed by atoms with E-state index in [4.69, 9.17) is 0 Å². The Morgan fingerprint density at radius 1 is 1.35 bits per heavy atom. The van der Waals surface area contributed by atoms with Crippen LogP contribution in [0.1, 0.15) is 62.9 Å². The van der Waals surface area contributed by atoms with Gasteiger partial charge in [-0.15, -0.1) is 0 Å². The fourth-order valence-electron chi connectivity index (χ4n) is 3.04. The van der Waals surface area contributed by atoms with Gasteiger partial charge in [0.1, 0.15) is 5.69 Å². The van der Waals surface area contributed by atoms with Crippen LogP contribution in [-0.4, -0.2) is 9.78 Å². The number of fused-ring (bicyclic) bond motifs is 3. The third kappa shape index (κ3) is 1.60. The van der Waals surface area contributed by atoms with Crippen molar-refractivity contribution >= 4 is 0 Å². The van der Waals surface area contributed by atoms with E-state index in [1.54, 1.807) is 0 Å². The third-order valence-corrected chi connectivity index (χ3v) is 3.94. The van der Waals surface area contributed by atoms with Crippen LogP contribution in [0.2, 0.25) is 0 Å². The van der Waals surface area contributed by atoms with Crippen molar-refractivity contribution in [1.82, 2.24) is 9.78 Å². The van der Waals surface area contributed by atoms with Crippen LogP contribution in [0.25, 0.3) is 0 Å². The standard InChI is InChI=1S/C13H18F2N2/c1-13(2,3)17-11-8(10(16-17)12(14)15)5-4-7-6-9(7)11/h7,9,12H,4-6H2,1-3H3. The summed E-state index contributed by atoms with van der Waals surface area (Å²) in [6.07, 6.45) is 0.569. The van der Waals surface area contributed by atoms with E-state index in [1.165, 1.54) is 0 Å². The Morgan fingerprint density at radius 2 is 2.06 bits per heavy atom. The zero-order valence-electron chi connectivity index (χ0n) is 10.5. The fraction of sp³-hybridized carbons (Fsp3) is 0.769. The zero-order chi connectivity index (χ0) is 12.4. The second-order valence-corrected chi connectivity index (χ2v) is 6.27. The van der Waals surface area contributed by atoms with Crippen molar-refractivity contribution in [3.8, 4) is 0 Å². The lowest BCUT2D eigenvalue weighted by atomic mass is 9.95. The molecule has 0 spiro atoms. The monoisotopic (exact) mass is 240 g/mol. The van der Waals surface area contributed by atoms with Gasteiger partial charge >= 0.3 is 0 Å². The molecule has 2 aliphatic rings. The Morgan fingerprint density at radius 3 is 2.65 bits per heavy atom. The lowest BCUT2D eigenvalue weighted by Gasteiger charge is -2.24. The molecular formula is C13H18F2N2. The van der Waals surface area contributed by atoms with Gasteiger partial charge in [0.2, 0.25) is 0 Å². The van der Waals surface area contributed by atoms with Gasteiger partial charge in [-0.1, -0.05) is 0 Å². The van der Waals surface area contributed by atoms with Crippen molar-refractivity contribution in [1.29, 1.82) is 0 Å². The molecule has 1 aromatic heterocycles. The predicted molar refractivity (Wildman–Crippen MR) is 61.3 cm³/mol. The molecule has 0 amide bonds. The smallest absolute Gasteiger partial charge is 0.263 e. The number of alkyl halides is 2. The second-order valence-electron chi connectivity index (χ2n) is 6.27. The molecule has 0 saturated heterocycles. The number of hydrogen-bond acceptors (Lipinski definition) is 1. The van der Waals surface area contributed by atoms with Crippen LogP contribution in [0.3, 0.4) is 0 Å². The number of aromatic nitrogens is 2. The van der Waals surface area contributed by atoms with Crippen LogP contribution in [-0.2, 0) is 12.0 Å². The summed E-state index contributed by atoms with van der Waals surface area (Å²) in [5, 5.41) is 4.21. The zero-order valence-corrected chi connectivity index (χ0v) is 10.5. The Hall–Kier alpha value is -0.930. The second kappa shape index (κ2) is 3.30. The summed E-state index contributed by atoms with van der Waals surface area (Å²) in [5.41, 5.74) is 1.76. The minimum Gasteiger partial charge on any atom is -0.263 e. The van der Waals surface area contributed by atoms with Crippen LogP contribution in [0.5, 0.6) is 0 Å². The van der Waals surface area contributed by atoms with Crippen molar-refractivity contribution in [3.63, 3.8) is 0 Å². The van der Waals surface area contributed by atoms with Crippen molar-refractivity contribution in [2.75, 3.05) is 0 Å². The van der Waals surface area contributed by atoms with E-state index in [0.717, 1.165) is 36.4 Å². The van der Waals surface area contributed by atoms with Gasteiger partial charge in [0, 0.05) is 17.2 Å². The number of hydrogen-bond donors (Lipinski definition) is 0. The maximum atomic E-state index is 13.0. The Kier molecular flexibility index (Phi) is 2.17. The van der Waals surface area contributed by atoms with Gasteiger partial charge in [-0.25, -0.2) is 8.78 Å². The lowest BCUT2D eigenvalue weighted by Crippen LogP contribution is -2.26. The maximum Gasteiger partial charge on any atom is 0.282 e. The average Bonchev–Trinajstić information content (AvgIpc) is 2.88. The molecule has 0 aliphatic heterocycles. The largest absolute Gasteiger partial charge is 0.282 e. The summed E-state index contributed by atoms with van der Waals surface area (Å²) in [5.74, 6) is 1.23. The summed E-state index contributed by atoms with van der Waals surface area (Å²) in [4.78, 5) is 0. The van der Waals surface area contributed by atoms with Gasteiger partial charge < -0.3 is 0 Å². The molecule has 3 rings (SSSR count). The van der Waals surface area contributed by atoms with Crippen molar-refractivity contribution in [2.24, 2.45) is 5.92 Å². The first-order valence-corrected chi connectivity index (χ1v) is 6.30. The summed E-state index contributed by atoms with van der Waals surface area (Å²) >= 11 is 0. The van der Waals surface area contributed by atoms with Crippen LogP contribution in [0.15, 0.2) is 0 Å². The van der Waals surface area contributed by atoms with Gasteiger partial charge in [-0.3, -0.25) is 4.68 Å². The first-order valence-electron chi connectivity index (χ1n) is 6.30. The number of rotatable bonds is 1. The topological polar surface area (TPSA) is 17.8 Å². The van der Waals surface area contributed by atoms with Gasteiger partial charge in [-0.2, -0.15) is 5.10 Å². The molecule has 2 unspecified atom stereocenters. The first-order chi connectivity index (χ1) is 7.89.